The Morgan fingerprint density at radius 3 is 1.42 bits per heavy atom. The van der Waals surface area contributed by atoms with E-state index < -0.39 is 62.8 Å². The molecule has 0 aliphatic heterocycles. The lowest BCUT2D eigenvalue weighted by Gasteiger charge is -2.46. The fourth-order valence-corrected chi connectivity index (χ4v) is 31.6. The summed E-state index contributed by atoms with van der Waals surface area (Å²) >= 11 is 10.3. The van der Waals surface area contributed by atoms with Crippen molar-refractivity contribution in [3.63, 3.8) is 0 Å². The van der Waals surface area contributed by atoms with Gasteiger partial charge in [0.05, 0.1) is 15.0 Å². The summed E-state index contributed by atoms with van der Waals surface area (Å²) in [5, 5.41) is 41.5. The van der Waals surface area contributed by atoms with Crippen LogP contribution in [0.3, 0.4) is 0 Å². The van der Waals surface area contributed by atoms with Crippen molar-refractivity contribution in [1.82, 2.24) is 0 Å². The van der Waals surface area contributed by atoms with E-state index in [0.29, 0.717) is 61.9 Å². The molecule has 0 radical (unpaired) electrons. The number of nitrogens with zero attached hydrogens (tertiary/aromatic N) is 4. The van der Waals surface area contributed by atoms with Crippen LogP contribution in [-0.4, -0.2) is 28.9 Å². The van der Waals surface area contributed by atoms with Crippen molar-refractivity contribution in [1.29, 1.82) is 21.0 Å². The number of halogens is 4. The second-order valence-corrected chi connectivity index (χ2v) is 39.1. The van der Waals surface area contributed by atoms with Crippen LogP contribution in [0.2, 0.25) is 0 Å². The zero-order chi connectivity index (χ0) is 76.8. The lowest BCUT2D eigenvalue weighted by atomic mass is 9.58. The summed E-state index contributed by atoms with van der Waals surface area (Å²) in [5.74, 6) is -7.03. The van der Waals surface area contributed by atoms with Crippen molar-refractivity contribution in [2.45, 2.75) is 144 Å². The molecule has 113 heavy (non-hydrogen) atoms. The molecule has 0 bridgehead atoms. The second-order valence-electron chi connectivity index (χ2n) is 32.6. The van der Waals surface area contributed by atoms with Crippen molar-refractivity contribution in [2.75, 3.05) is 0 Å². The van der Waals surface area contributed by atoms with E-state index in [2.05, 4.69) is 60.7 Å². The van der Waals surface area contributed by atoms with Crippen molar-refractivity contribution < 1.29 is 41.5 Å². The van der Waals surface area contributed by atoms with E-state index in [4.69, 9.17) is 0 Å². The van der Waals surface area contributed by atoms with E-state index in [1.807, 2.05) is 59.1 Å². The van der Waals surface area contributed by atoms with Gasteiger partial charge < -0.3 is 0 Å². The van der Waals surface area contributed by atoms with E-state index in [1.165, 1.54) is 75.2 Å². The molecule has 12 aliphatic rings. The van der Waals surface area contributed by atoms with E-state index in [1.54, 1.807) is 58.3 Å². The second kappa shape index (κ2) is 24.8. The molecule has 0 amide bonds. The molecule has 4 aromatic carbocycles. The minimum absolute atomic E-state index is 0.0394. The molecule has 0 unspecified atom stereocenters. The molecule has 6 aromatic heterocycles. The fraction of sp³-hybridized carbons (Fsp3) is 0.266. The van der Waals surface area contributed by atoms with Crippen LogP contribution in [0.5, 0.6) is 0 Å². The van der Waals surface area contributed by atoms with Gasteiger partial charge in [-0.25, -0.2) is 17.6 Å². The SMILES string of the molecule is N#CC(C#N)=C1/C(=C/c2cc3c(s2)C2=C(c4sc5cc(/C=C6/C(=O)c7ccccc7C6=C(C#N)C#N)sc5c4C24CCC(C2CCC5(CC2)C2=C(c6sc(/C=C7\C(=O)C(=O)c8cc(F)cc(F)c87)cc65)C5(CCCCC5)c5c2sc2cc(/C=C6\C(=O)C(=O)c7c(F)cc(F)cc76)sc52)CC4)C32CCCCC2)Cc2ccccc21. The number of hydrogen-bond acceptors (Lipinski definition) is 15. The minimum atomic E-state index is -1.07. The summed E-state index contributed by atoms with van der Waals surface area (Å²) in [6.45, 7) is 0. The Bertz CT molecular complexity index is 6700. The average Bonchev–Trinajstić information content (AvgIpc) is 1.49. The summed E-state index contributed by atoms with van der Waals surface area (Å²) < 4.78 is 65.4. The molecule has 6 heterocycles. The molecule has 0 atom stereocenters. The van der Waals surface area contributed by atoms with Crippen LogP contribution in [0.15, 0.2) is 119 Å². The van der Waals surface area contributed by atoms with E-state index in [9.17, 15) is 53.8 Å². The number of rotatable bonds is 5. The summed E-state index contributed by atoms with van der Waals surface area (Å²) in [5.41, 5.74) is 13.8. The highest BCUT2D eigenvalue weighted by Gasteiger charge is 2.63. The maximum atomic E-state index is 16.0. The van der Waals surface area contributed by atoms with Crippen molar-refractivity contribution in [3.8, 4) is 24.3 Å². The van der Waals surface area contributed by atoms with E-state index >= 15 is 8.78 Å². The first-order valence-electron chi connectivity index (χ1n) is 38.7. The monoisotopic (exact) mass is 1590 g/mol. The number of hydrogen-bond donors (Lipinski definition) is 0. The summed E-state index contributed by atoms with van der Waals surface area (Å²) in [6.07, 6.45) is 25.5. The molecular formula is C94H60F4N4O5S6. The van der Waals surface area contributed by atoms with E-state index in [-0.39, 0.29) is 55.6 Å². The van der Waals surface area contributed by atoms with E-state index in [0.717, 1.165) is 179 Å². The van der Waals surface area contributed by atoms with Crippen LogP contribution < -0.4 is 0 Å². The number of carbonyl (C=O) groups is 5. The number of Topliss-reactive ketones (excluding diaryl/α,β-unsaturated/α-hetero) is 5. The minimum Gasteiger partial charge on any atom is -0.289 e. The summed E-state index contributed by atoms with van der Waals surface area (Å²) in [4.78, 5) is 77.5. The van der Waals surface area contributed by atoms with Gasteiger partial charge in [-0.15, -0.1) is 68.0 Å². The lowest BCUT2D eigenvalue weighted by molar-refractivity contribution is -0.110. The molecule has 4 saturated carbocycles. The van der Waals surface area contributed by atoms with Crippen LogP contribution in [0.1, 0.15) is 236 Å². The van der Waals surface area contributed by atoms with Gasteiger partial charge in [0.25, 0.3) is 0 Å². The Kier molecular flexibility index (Phi) is 15.2. The van der Waals surface area contributed by atoms with Gasteiger partial charge in [0, 0.05) is 132 Å². The van der Waals surface area contributed by atoms with Crippen LogP contribution >= 0.6 is 68.0 Å². The van der Waals surface area contributed by atoms with Crippen molar-refractivity contribution in [2.24, 2.45) is 11.8 Å². The van der Waals surface area contributed by atoms with Gasteiger partial charge in [-0.3, -0.25) is 24.0 Å². The molecule has 22 rings (SSSR count). The third-order valence-electron chi connectivity index (χ3n) is 27.5. The molecule has 9 nitrogen and oxygen atoms in total. The molecule has 4 fully saturated rings. The molecule has 0 N–H and O–H groups in total. The first-order valence-corrected chi connectivity index (χ1v) is 43.6. The highest BCUT2D eigenvalue weighted by molar-refractivity contribution is 7.30. The zero-order valence-electron chi connectivity index (χ0n) is 60.4. The predicted molar refractivity (Wildman–Crippen MR) is 439 cm³/mol. The normalized spacial score (nSPS) is 24.4. The zero-order valence-corrected chi connectivity index (χ0v) is 65.3. The Morgan fingerprint density at radius 2 is 0.841 bits per heavy atom. The first-order chi connectivity index (χ1) is 54.9. The Labute approximate surface area is 670 Å². The summed E-state index contributed by atoms with van der Waals surface area (Å²) in [7, 11) is 0. The third-order valence-corrected chi connectivity index (χ3v) is 34.5. The van der Waals surface area contributed by atoms with Crippen molar-refractivity contribution >= 4 is 185 Å². The number of ketones is 5. The van der Waals surface area contributed by atoms with Crippen LogP contribution in [0.25, 0.3) is 87.7 Å². The molecule has 10 aromatic rings. The predicted octanol–water partition coefficient (Wildman–Crippen LogP) is 23.9. The Hall–Kier alpha value is -10.5. The van der Waals surface area contributed by atoms with Gasteiger partial charge in [-0.05, 0) is 223 Å². The van der Waals surface area contributed by atoms with Gasteiger partial charge in [0.1, 0.15) is 58.7 Å². The number of fused-ring (bicyclic) bond motifs is 24. The molecule has 0 saturated heterocycles. The number of benzene rings is 4. The Morgan fingerprint density at radius 1 is 0.389 bits per heavy atom. The van der Waals surface area contributed by atoms with Gasteiger partial charge in [0.15, 0.2) is 5.78 Å². The van der Waals surface area contributed by atoms with Gasteiger partial charge in [-0.2, -0.15) is 21.0 Å². The molecule has 19 heteroatoms. The Balaban J connectivity index is 0.654. The first kappa shape index (κ1) is 69.3. The molecule has 4 spiro atoms. The molecule has 12 aliphatic carbocycles. The number of carbonyl (C=O) groups excluding carboxylic acids is 5. The topological polar surface area (TPSA) is 181 Å². The van der Waals surface area contributed by atoms with Crippen LogP contribution in [0, 0.1) is 80.4 Å². The van der Waals surface area contributed by atoms with Crippen molar-refractivity contribution in [3.05, 3.63) is 248 Å². The smallest absolute Gasteiger partial charge is 0.237 e. The standard InChI is InChI=1S/C94H60F4N4O5S6/c95-50-29-59-60(81(104)84(107)73(59)67(98)32-50)33-54-38-68-87(110-54)78-90(113-68)77-74(93(78)21-9-2-10-22-93)86-65(37-53(109-86)34-63-72-61(82(105)83(63)106)30-51(96)31-66(72)97)92(77)23-15-44(16-24-92)45-17-25-94(26-18-45)75-76(89-79(94)88-69(112-89)39-55(111-88)35-62-71(49(42-101)43-102)57-13-5-6-14-58(57)80(62)103)91(19-7-1-8-20-91)64-36-52(108-85(64)75)28-47-27-46-11-3-4-12-56(46)70(47)48(40-99)41-100/h3-6,11-14,28-39,44-45H,1-2,7-10,15-27H2/b47-28+,60-33-,62-35+,63-34-. The maximum Gasteiger partial charge on any atom is 0.237 e. The quantitative estimate of drug-likeness (QED) is 0.0701. The highest BCUT2D eigenvalue weighted by Crippen LogP contribution is 2.76. The summed E-state index contributed by atoms with van der Waals surface area (Å²) in [6, 6.07) is 36.2. The molecular weight excluding hydrogens is 1530 g/mol. The van der Waals surface area contributed by atoms with Gasteiger partial charge >= 0.3 is 0 Å². The van der Waals surface area contributed by atoms with Crippen LogP contribution in [0.4, 0.5) is 17.6 Å². The molecule has 550 valence electrons. The average molecular weight is 1590 g/mol. The van der Waals surface area contributed by atoms with Crippen LogP contribution in [-0.2, 0) is 37.7 Å². The van der Waals surface area contributed by atoms with Gasteiger partial charge in [0.2, 0.25) is 23.1 Å². The highest BCUT2D eigenvalue weighted by atomic mass is 32.1. The maximum absolute atomic E-state index is 16.0. The lowest BCUT2D eigenvalue weighted by Crippen LogP contribution is -2.37. The number of allylic oxidation sites excluding steroid dienone is 12. The van der Waals surface area contributed by atoms with Gasteiger partial charge in [-0.1, -0.05) is 87.1 Å². The largest absolute Gasteiger partial charge is 0.289 e. The third kappa shape index (κ3) is 9.38. The fourth-order valence-electron chi connectivity index (χ4n) is 23.0. The number of thiophene rings is 6. The number of nitriles is 4.